The molecule has 1 atom stereocenters. The summed E-state index contributed by atoms with van der Waals surface area (Å²) < 4.78 is 6.52. The number of carboxylic acid groups (broad SMARTS) is 1. The third-order valence-corrected chi connectivity index (χ3v) is 4.40. The van der Waals surface area contributed by atoms with E-state index in [0.717, 1.165) is 28.6 Å². The highest BCUT2D eigenvalue weighted by Crippen LogP contribution is 2.33. The van der Waals surface area contributed by atoms with E-state index in [9.17, 15) is 14.7 Å². The second-order valence-electron chi connectivity index (χ2n) is 5.60. The molecule has 6 heteroatoms. The van der Waals surface area contributed by atoms with E-state index >= 15 is 0 Å². The molecule has 1 aliphatic carbocycles. The molecular formula is C16H16BrNO4. The molecule has 1 aromatic rings. The maximum atomic E-state index is 12.7. The highest BCUT2D eigenvalue weighted by molar-refractivity contribution is 9.10. The van der Waals surface area contributed by atoms with Gasteiger partial charge < -0.3 is 14.7 Å². The van der Waals surface area contributed by atoms with Crippen molar-refractivity contribution in [1.82, 2.24) is 4.90 Å². The molecule has 5 nitrogen and oxygen atoms in total. The second kappa shape index (κ2) is 5.76. The maximum Gasteiger partial charge on any atom is 0.326 e. The summed E-state index contributed by atoms with van der Waals surface area (Å²) in [5.41, 5.74) is 1.31. The van der Waals surface area contributed by atoms with Crippen LogP contribution < -0.4 is 4.74 Å². The molecule has 2 aliphatic rings. The molecule has 1 amide bonds. The number of ether oxygens (including phenoxy) is 1. The van der Waals surface area contributed by atoms with Gasteiger partial charge in [0.05, 0.1) is 5.57 Å². The van der Waals surface area contributed by atoms with Gasteiger partial charge in [-0.3, -0.25) is 4.79 Å². The molecule has 0 spiro atoms. The Kier molecular flexibility index (Phi) is 3.95. The van der Waals surface area contributed by atoms with Gasteiger partial charge in [0, 0.05) is 16.1 Å². The average molecular weight is 366 g/mol. The smallest absolute Gasteiger partial charge is 0.326 e. The van der Waals surface area contributed by atoms with Crippen molar-refractivity contribution in [2.24, 2.45) is 0 Å². The second-order valence-corrected chi connectivity index (χ2v) is 6.51. The molecule has 0 radical (unpaired) electrons. The van der Waals surface area contributed by atoms with Gasteiger partial charge in [-0.15, -0.1) is 0 Å². The minimum atomic E-state index is -0.985. The van der Waals surface area contributed by atoms with Crippen LogP contribution in [-0.2, 0) is 9.59 Å². The Morgan fingerprint density at radius 3 is 2.77 bits per heavy atom. The summed E-state index contributed by atoms with van der Waals surface area (Å²) in [5, 5.41) is 9.22. The highest BCUT2D eigenvalue weighted by atomic mass is 79.9. The summed E-state index contributed by atoms with van der Waals surface area (Å²) in [4.78, 5) is 25.4. The van der Waals surface area contributed by atoms with Crippen molar-refractivity contribution in [2.75, 3.05) is 6.61 Å². The molecule has 1 heterocycles. The fraction of sp³-hybridized carbons (Fsp3) is 0.375. The van der Waals surface area contributed by atoms with E-state index < -0.39 is 12.0 Å². The van der Waals surface area contributed by atoms with E-state index in [0.29, 0.717) is 5.57 Å². The number of rotatable bonds is 4. The Hall–Kier alpha value is -1.82. The van der Waals surface area contributed by atoms with Gasteiger partial charge in [-0.1, -0.05) is 15.9 Å². The van der Waals surface area contributed by atoms with Gasteiger partial charge in [0.15, 0.2) is 0 Å². The first-order chi connectivity index (χ1) is 10.5. The Morgan fingerprint density at radius 2 is 2.14 bits per heavy atom. The summed E-state index contributed by atoms with van der Waals surface area (Å²) in [6, 6.07) is 4.80. The predicted molar refractivity (Wildman–Crippen MR) is 84.6 cm³/mol. The van der Waals surface area contributed by atoms with Crippen LogP contribution in [-0.4, -0.2) is 40.6 Å². The number of amides is 1. The van der Waals surface area contributed by atoms with Gasteiger partial charge in [-0.25, -0.2) is 4.79 Å². The summed E-state index contributed by atoms with van der Waals surface area (Å²) in [6.07, 6.45) is 3.51. The largest absolute Gasteiger partial charge is 0.488 e. The van der Waals surface area contributed by atoms with E-state index in [1.165, 1.54) is 4.90 Å². The molecular weight excluding hydrogens is 350 g/mol. The minimum absolute atomic E-state index is 0.0309. The standard InChI is InChI=1S/C16H16BrNO4/c1-9(16(20)21)18(13-3-4-13)15(19)11-6-10-7-12(17)2-5-14(10)22-8-11/h2,5-7,9,13H,3-4,8H2,1H3,(H,20,21). The minimum Gasteiger partial charge on any atom is -0.488 e. The number of aliphatic carboxylic acids is 1. The highest BCUT2D eigenvalue weighted by Gasteiger charge is 2.39. The van der Waals surface area contributed by atoms with Crippen LogP contribution in [0.15, 0.2) is 28.2 Å². The van der Waals surface area contributed by atoms with Crippen LogP contribution in [0.1, 0.15) is 25.3 Å². The normalized spacial score (nSPS) is 17.8. The van der Waals surface area contributed by atoms with E-state index in [1.807, 2.05) is 18.2 Å². The lowest BCUT2D eigenvalue weighted by Crippen LogP contribution is -2.46. The predicted octanol–water partition coefficient (Wildman–Crippen LogP) is 2.69. The lowest BCUT2D eigenvalue weighted by atomic mass is 10.1. The first kappa shape index (κ1) is 15.1. The Bertz CT molecular complexity index is 666. The Labute approximate surface area is 136 Å². The van der Waals surface area contributed by atoms with Crippen LogP contribution in [0.5, 0.6) is 5.75 Å². The quantitative estimate of drug-likeness (QED) is 0.890. The zero-order valence-electron chi connectivity index (χ0n) is 12.1. The van der Waals surface area contributed by atoms with Crippen LogP contribution in [0.4, 0.5) is 0 Å². The van der Waals surface area contributed by atoms with Gasteiger partial charge in [-0.2, -0.15) is 0 Å². The lowest BCUT2D eigenvalue weighted by Gasteiger charge is -2.28. The van der Waals surface area contributed by atoms with Crippen molar-refractivity contribution in [1.29, 1.82) is 0 Å². The van der Waals surface area contributed by atoms with Gasteiger partial charge >= 0.3 is 5.97 Å². The lowest BCUT2D eigenvalue weighted by molar-refractivity contribution is -0.148. The summed E-state index contributed by atoms with van der Waals surface area (Å²) in [7, 11) is 0. The van der Waals surface area contributed by atoms with Crippen molar-refractivity contribution in [3.05, 3.63) is 33.8 Å². The molecule has 1 N–H and O–H groups in total. The number of carbonyl (C=O) groups excluding carboxylic acids is 1. The number of carboxylic acids is 1. The van der Waals surface area contributed by atoms with Gasteiger partial charge in [0.1, 0.15) is 18.4 Å². The molecule has 116 valence electrons. The number of benzene rings is 1. The number of halogens is 1. The summed E-state index contributed by atoms with van der Waals surface area (Å²) in [6.45, 7) is 1.72. The fourth-order valence-corrected chi connectivity index (χ4v) is 2.95. The average Bonchev–Trinajstić information content (AvgIpc) is 3.31. The topological polar surface area (TPSA) is 66.8 Å². The maximum absolute atomic E-state index is 12.7. The third kappa shape index (κ3) is 2.88. The van der Waals surface area contributed by atoms with Crippen molar-refractivity contribution < 1.29 is 19.4 Å². The van der Waals surface area contributed by atoms with Crippen LogP contribution in [0.3, 0.4) is 0 Å². The molecule has 22 heavy (non-hydrogen) atoms. The van der Waals surface area contributed by atoms with E-state index in [2.05, 4.69) is 15.9 Å². The number of fused-ring (bicyclic) bond motifs is 1. The first-order valence-electron chi connectivity index (χ1n) is 7.16. The van der Waals surface area contributed by atoms with Crippen LogP contribution >= 0.6 is 15.9 Å². The zero-order chi connectivity index (χ0) is 15.9. The SMILES string of the molecule is CC(C(=O)O)N(C(=O)C1=Cc2cc(Br)ccc2OC1)C1CC1. The zero-order valence-corrected chi connectivity index (χ0v) is 13.7. The molecule has 1 saturated carbocycles. The molecule has 0 saturated heterocycles. The van der Waals surface area contributed by atoms with E-state index in [-0.39, 0.29) is 18.6 Å². The van der Waals surface area contributed by atoms with Crippen molar-refractivity contribution in [2.45, 2.75) is 31.8 Å². The van der Waals surface area contributed by atoms with Gasteiger partial charge in [-0.05, 0) is 44.0 Å². The molecule has 0 aromatic heterocycles. The number of hydrogen-bond donors (Lipinski definition) is 1. The first-order valence-corrected chi connectivity index (χ1v) is 7.95. The van der Waals surface area contributed by atoms with Crippen LogP contribution in [0, 0.1) is 0 Å². The van der Waals surface area contributed by atoms with Crippen LogP contribution in [0.2, 0.25) is 0 Å². The molecule has 1 unspecified atom stereocenters. The molecule has 0 bridgehead atoms. The molecule has 1 fully saturated rings. The van der Waals surface area contributed by atoms with Gasteiger partial charge in [0.2, 0.25) is 0 Å². The number of nitrogens with zero attached hydrogens (tertiary/aromatic N) is 1. The van der Waals surface area contributed by atoms with Crippen molar-refractivity contribution in [3.8, 4) is 5.75 Å². The Balaban J connectivity index is 1.89. The number of hydrogen-bond acceptors (Lipinski definition) is 3. The van der Waals surface area contributed by atoms with Crippen LogP contribution in [0.25, 0.3) is 6.08 Å². The van der Waals surface area contributed by atoms with Crippen molar-refractivity contribution >= 4 is 33.9 Å². The van der Waals surface area contributed by atoms with Crippen molar-refractivity contribution in [3.63, 3.8) is 0 Å². The number of carbonyl (C=O) groups is 2. The summed E-state index contributed by atoms with van der Waals surface area (Å²) in [5.74, 6) is -0.507. The Morgan fingerprint density at radius 1 is 1.41 bits per heavy atom. The van der Waals surface area contributed by atoms with E-state index in [1.54, 1.807) is 13.0 Å². The monoisotopic (exact) mass is 365 g/mol. The van der Waals surface area contributed by atoms with E-state index in [4.69, 9.17) is 4.74 Å². The molecule has 1 aromatic carbocycles. The third-order valence-electron chi connectivity index (χ3n) is 3.91. The summed E-state index contributed by atoms with van der Waals surface area (Å²) >= 11 is 3.39. The fourth-order valence-electron chi connectivity index (χ4n) is 2.57. The molecule has 1 aliphatic heterocycles. The van der Waals surface area contributed by atoms with Gasteiger partial charge in [0.25, 0.3) is 5.91 Å². The molecule has 3 rings (SSSR count).